The van der Waals surface area contributed by atoms with Gasteiger partial charge in [0.25, 0.3) is 0 Å². The Morgan fingerprint density at radius 1 is 1.40 bits per heavy atom. The fourth-order valence-electron chi connectivity index (χ4n) is 2.11. The molecule has 1 N–H and O–H groups in total. The van der Waals surface area contributed by atoms with Crippen LogP contribution in [0.4, 0.5) is 0 Å². The molecule has 0 aromatic rings. The predicted octanol–water partition coefficient (Wildman–Crippen LogP) is 3.10. The van der Waals surface area contributed by atoms with Crippen LogP contribution in [-0.4, -0.2) is 17.3 Å². The van der Waals surface area contributed by atoms with Crippen LogP contribution in [0.25, 0.3) is 0 Å². The number of carbonyl (C=O) groups is 1. The number of alkyl halides is 1. The van der Waals surface area contributed by atoms with E-state index in [1.165, 1.54) is 25.7 Å². The zero-order chi connectivity index (χ0) is 11.5. The fraction of sp³-hybridized carbons (Fsp3) is 0.917. The zero-order valence-electron chi connectivity index (χ0n) is 9.98. The molecule has 0 heterocycles. The Morgan fingerprint density at radius 3 is 2.40 bits per heavy atom. The third-order valence-corrected chi connectivity index (χ3v) is 4.81. The van der Waals surface area contributed by atoms with Gasteiger partial charge in [0.15, 0.2) is 0 Å². The van der Waals surface area contributed by atoms with Crippen molar-refractivity contribution in [3.63, 3.8) is 0 Å². The first kappa shape index (κ1) is 13.0. The van der Waals surface area contributed by atoms with E-state index in [0.29, 0.717) is 11.3 Å². The second kappa shape index (κ2) is 5.33. The van der Waals surface area contributed by atoms with Crippen LogP contribution in [0.1, 0.15) is 46.5 Å². The molecule has 1 saturated carbocycles. The van der Waals surface area contributed by atoms with Crippen LogP contribution in [0.15, 0.2) is 0 Å². The van der Waals surface area contributed by atoms with E-state index in [0.717, 1.165) is 6.54 Å². The quantitative estimate of drug-likeness (QED) is 0.785. The summed E-state index contributed by atoms with van der Waals surface area (Å²) in [5, 5.41) is 3.06. The summed E-state index contributed by atoms with van der Waals surface area (Å²) in [4.78, 5) is 11.7. The van der Waals surface area contributed by atoms with Gasteiger partial charge in [-0.1, -0.05) is 49.5 Å². The summed E-state index contributed by atoms with van der Waals surface area (Å²) < 4.78 is 0. The Kier molecular flexibility index (Phi) is 4.63. The molecule has 0 bridgehead atoms. The van der Waals surface area contributed by atoms with E-state index in [-0.39, 0.29) is 10.7 Å². The summed E-state index contributed by atoms with van der Waals surface area (Å²) in [5.41, 5.74) is 0.347. The van der Waals surface area contributed by atoms with Crippen LogP contribution in [0.5, 0.6) is 0 Å². The van der Waals surface area contributed by atoms with Crippen LogP contribution < -0.4 is 5.32 Å². The molecule has 88 valence electrons. The van der Waals surface area contributed by atoms with Crippen LogP contribution in [0, 0.1) is 11.3 Å². The number of hydrogen-bond acceptors (Lipinski definition) is 1. The van der Waals surface area contributed by atoms with E-state index >= 15 is 0 Å². The van der Waals surface area contributed by atoms with Crippen molar-refractivity contribution in [3.05, 3.63) is 0 Å². The van der Waals surface area contributed by atoms with Crippen molar-refractivity contribution in [1.29, 1.82) is 0 Å². The third kappa shape index (κ3) is 3.78. The molecule has 0 aromatic carbocycles. The van der Waals surface area contributed by atoms with Gasteiger partial charge in [0.1, 0.15) is 0 Å². The van der Waals surface area contributed by atoms with Crippen LogP contribution >= 0.6 is 15.9 Å². The van der Waals surface area contributed by atoms with Gasteiger partial charge in [0, 0.05) is 6.54 Å². The van der Waals surface area contributed by atoms with Crippen molar-refractivity contribution in [2.45, 2.75) is 51.3 Å². The summed E-state index contributed by atoms with van der Waals surface area (Å²) in [5.74, 6) is 0.486. The minimum Gasteiger partial charge on any atom is -0.355 e. The van der Waals surface area contributed by atoms with Crippen LogP contribution in [-0.2, 0) is 4.79 Å². The molecule has 0 aromatic heterocycles. The zero-order valence-corrected chi connectivity index (χ0v) is 11.6. The van der Waals surface area contributed by atoms with Gasteiger partial charge >= 0.3 is 0 Å². The molecule has 0 saturated heterocycles. The summed E-state index contributed by atoms with van der Waals surface area (Å²) in [6.07, 6.45) is 5.13. The molecule has 2 nitrogen and oxygen atoms in total. The first-order valence-corrected chi connectivity index (χ1v) is 6.78. The number of carbonyl (C=O) groups excluding carboxylic acids is 1. The molecule has 0 radical (unpaired) electrons. The average molecular weight is 276 g/mol. The molecule has 1 rings (SSSR count). The average Bonchev–Trinajstić information content (AvgIpc) is 2.61. The van der Waals surface area contributed by atoms with Gasteiger partial charge in [0.05, 0.1) is 4.83 Å². The van der Waals surface area contributed by atoms with E-state index in [9.17, 15) is 4.79 Å². The molecular formula is C12H22BrNO. The van der Waals surface area contributed by atoms with Crippen LogP contribution in [0.2, 0.25) is 0 Å². The van der Waals surface area contributed by atoms with E-state index in [1.807, 2.05) is 0 Å². The Bertz CT molecular complexity index is 222. The van der Waals surface area contributed by atoms with E-state index in [2.05, 4.69) is 42.0 Å². The molecule has 0 spiro atoms. The molecule has 1 fully saturated rings. The summed E-state index contributed by atoms with van der Waals surface area (Å²) >= 11 is 3.42. The van der Waals surface area contributed by atoms with E-state index < -0.39 is 0 Å². The van der Waals surface area contributed by atoms with Crippen molar-refractivity contribution in [2.75, 3.05) is 6.54 Å². The lowest BCUT2D eigenvalue weighted by Crippen LogP contribution is -2.39. The first-order chi connectivity index (χ1) is 6.94. The Balaban J connectivity index is 2.33. The molecule has 1 aliphatic rings. The van der Waals surface area contributed by atoms with Crippen molar-refractivity contribution in [1.82, 2.24) is 5.32 Å². The highest BCUT2D eigenvalue weighted by Crippen LogP contribution is 2.36. The van der Waals surface area contributed by atoms with Crippen molar-refractivity contribution in [3.8, 4) is 0 Å². The topological polar surface area (TPSA) is 29.1 Å². The number of halogens is 1. The highest BCUT2D eigenvalue weighted by molar-refractivity contribution is 9.10. The summed E-state index contributed by atoms with van der Waals surface area (Å²) in [6, 6.07) is 0. The molecule has 3 heteroatoms. The maximum absolute atomic E-state index is 11.7. The second-order valence-corrected chi connectivity index (χ2v) is 6.37. The van der Waals surface area contributed by atoms with Gasteiger partial charge in [-0.2, -0.15) is 0 Å². The van der Waals surface area contributed by atoms with Gasteiger partial charge in [-0.3, -0.25) is 4.79 Å². The van der Waals surface area contributed by atoms with E-state index in [4.69, 9.17) is 0 Å². The smallest absolute Gasteiger partial charge is 0.234 e. The fourth-order valence-corrected chi connectivity index (χ4v) is 2.27. The minimum atomic E-state index is -0.0532. The standard InChI is InChI=1S/C12H22BrNO/c1-9(2)10(13)11(15)14-8-12(3)6-4-5-7-12/h9-10H,4-8H2,1-3H3,(H,14,15). The monoisotopic (exact) mass is 275 g/mol. The van der Waals surface area contributed by atoms with Crippen molar-refractivity contribution in [2.24, 2.45) is 11.3 Å². The largest absolute Gasteiger partial charge is 0.355 e. The lowest BCUT2D eigenvalue weighted by Gasteiger charge is -2.25. The van der Waals surface area contributed by atoms with Gasteiger partial charge < -0.3 is 5.32 Å². The Hall–Kier alpha value is -0.0500. The van der Waals surface area contributed by atoms with Crippen molar-refractivity contribution < 1.29 is 4.79 Å². The normalized spacial score (nSPS) is 21.7. The van der Waals surface area contributed by atoms with Gasteiger partial charge in [0.2, 0.25) is 5.91 Å². The molecule has 0 aliphatic heterocycles. The SMILES string of the molecule is CC(C)C(Br)C(=O)NCC1(C)CCCC1. The Morgan fingerprint density at radius 2 is 1.93 bits per heavy atom. The number of rotatable bonds is 4. The molecule has 1 atom stereocenters. The lowest BCUT2D eigenvalue weighted by molar-refractivity contribution is -0.121. The predicted molar refractivity (Wildman–Crippen MR) is 67.1 cm³/mol. The number of hydrogen-bond donors (Lipinski definition) is 1. The highest BCUT2D eigenvalue weighted by Gasteiger charge is 2.29. The summed E-state index contributed by atoms with van der Waals surface area (Å²) in [7, 11) is 0. The second-order valence-electron chi connectivity index (χ2n) is 5.38. The van der Waals surface area contributed by atoms with Gasteiger partial charge in [-0.15, -0.1) is 0 Å². The molecule has 15 heavy (non-hydrogen) atoms. The first-order valence-electron chi connectivity index (χ1n) is 5.86. The van der Waals surface area contributed by atoms with E-state index in [1.54, 1.807) is 0 Å². The number of nitrogens with one attached hydrogen (secondary N) is 1. The van der Waals surface area contributed by atoms with Gasteiger partial charge in [-0.05, 0) is 24.2 Å². The minimum absolute atomic E-state index is 0.0532. The maximum Gasteiger partial charge on any atom is 0.234 e. The summed E-state index contributed by atoms with van der Waals surface area (Å²) in [6.45, 7) is 7.21. The molecule has 1 amide bonds. The molecular weight excluding hydrogens is 254 g/mol. The van der Waals surface area contributed by atoms with Gasteiger partial charge in [-0.25, -0.2) is 0 Å². The molecule has 1 aliphatic carbocycles. The molecule has 1 unspecified atom stereocenters. The van der Waals surface area contributed by atoms with Crippen molar-refractivity contribution >= 4 is 21.8 Å². The maximum atomic E-state index is 11.7. The van der Waals surface area contributed by atoms with Crippen LogP contribution in [0.3, 0.4) is 0 Å². The Labute approximate surface area is 101 Å². The number of amides is 1. The third-order valence-electron chi connectivity index (χ3n) is 3.34. The lowest BCUT2D eigenvalue weighted by atomic mass is 9.89. The highest BCUT2D eigenvalue weighted by atomic mass is 79.9.